The number of rotatable bonds is 4. The largest absolute Gasteiger partial charge is 0.495 e. The number of piperazine rings is 1. The highest BCUT2D eigenvalue weighted by molar-refractivity contribution is 6.17. The second-order valence-electron chi connectivity index (χ2n) is 11.4. The lowest BCUT2D eigenvalue weighted by atomic mass is 9.93. The number of fused-ring (bicyclic) bond motifs is 2. The summed E-state index contributed by atoms with van der Waals surface area (Å²) in [7, 11) is 3.93. The molecule has 4 aromatic rings. The molecule has 2 aliphatic rings. The molecule has 1 aromatic heterocycles. The summed E-state index contributed by atoms with van der Waals surface area (Å²) in [5.74, 6) is 0.922. The van der Waals surface area contributed by atoms with Crippen LogP contribution in [0, 0.1) is 13.8 Å². The van der Waals surface area contributed by atoms with E-state index in [1.165, 1.54) is 0 Å². The minimum absolute atomic E-state index is 0.0384. The number of carbonyl (C=O) groups is 1. The topological polar surface area (TPSA) is 48.9 Å². The van der Waals surface area contributed by atoms with E-state index < -0.39 is 0 Å². The van der Waals surface area contributed by atoms with Crippen molar-refractivity contribution in [2.75, 3.05) is 43.6 Å². The molecule has 0 saturated carbocycles. The number of aryl methyl sites for hydroxylation is 2. The zero-order valence-electron chi connectivity index (χ0n) is 24.4. The van der Waals surface area contributed by atoms with Gasteiger partial charge in [0.05, 0.1) is 12.8 Å². The Morgan fingerprint density at radius 2 is 1.60 bits per heavy atom. The van der Waals surface area contributed by atoms with Crippen LogP contribution in [0.15, 0.2) is 60.7 Å². The number of anilines is 2. The Labute approximate surface area is 237 Å². The number of benzene rings is 3. The third-order valence-electron chi connectivity index (χ3n) is 8.89. The molecule has 206 valence electrons. The fourth-order valence-corrected chi connectivity index (χ4v) is 6.46. The third kappa shape index (κ3) is 4.40. The highest BCUT2D eigenvalue weighted by Gasteiger charge is 2.32. The minimum Gasteiger partial charge on any atom is -0.495 e. The SMILES string of the molecule is COc1cc2c(cc1N1CC(C)N(C)C(C)C1)N(C(=O)c1ccc(-c3ccc(C)nc3C)c3ccccc13)CC2. The monoisotopic (exact) mass is 534 g/mol. The van der Waals surface area contributed by atoms with Crippen molar-refractivity contribution in [1.82, 2.24) is 9.88 Å². The van der Waals surface area contributed by atoms with Crippen molar-refractivity contribution in [2.24, 2.45) is 0 Å². The quantitative estimate of drug-likeness (QED) is 0.309. The Bertz CT molecular complexity index is 1600. The van der Waals surface area contributed by atoms with Gasteiger partial charge < -0.3 is 14.5 Å². The van der Waals surface area contributed by atoms with Gasteiger partial charge in [0.2, 0.25) is 0 Å². The fourth-order valence-electron chi connectivity index (χ4n) is 6.46. The highest BCUT2D eigenvalue weighted by atomic mass is 16.5. The van der Waals surface area contributed by atoms with E-state index in [2.05, 4.69) is 72.1 Å². The Kier molecular flexibility index (Phi) is 6.75. The number of hydrogen-bond donors (Lipinski definition) is 0. The van der Waals surface area contributed by atoms with E-state index in [-0.39, 0.29) is 5.91 Å². The molecule has 1 amide bonds. The molecule has 0 N–H and O–H groups in total. The van der Waals surface area contributed by atoms with Crippen molar-refractivity contribution < 1.29 is 9.53 Å². The van der Waals surface area contributed by atoms with Crippen molar-refractivity contribution in [2.45, 2.75) is 46.2 Å². The summed E-state index contributed by atoms with van der Waals surface area (Å²) in [4.78, 5) is 25.7. The third-order valence-corrected chi connectivity index (χ3v) is 8.89. The van der Waals surface area contributed by atoms with Crippen molar-refractivity contribution in [3.05, 3.63) is 83.2 Å². The van der Waals surface area contributed by atoms with E-state index in [4.69, 9.17) is 4.74 Å². The summed E-state index contributed by atoms with van der Waals surface area (Å²) >= 11 is 0. The summed E-state index contributed by atoms with van der Waals surface area (Å²) in [6.07, 6.45) is 0.817. The summed E-state index contributed by atoms with van der Waals surface area (Å²) in [5.41, 5.74) is 8.13. The van der Waals surface area contributed by atoms with Crippen LogP contribution >= 0.6 is 0 Å². The second-order valence-corrected chi connectivity index (χ2v) is 11.4. The Morgan fingerprint density at radius 1 is 0.900 bits per heavy atom. The normalized spacial score (nSPS) is 19.2. The van der Waals surface area contributed by atoms with Crippen LogP contribution in [-0.2, 0) is 6.42 Å². The molecular formula is C34H38N4O2. The van der Waals surface area contributed by atoms with Gasteiger partial charge in [-0.1, -0.05) is 36.4 Å². The first-order valence-electron chi connectivity index (χ1n) is 14.2. The van der Waals surface area contributed by atoms with E-state index in [1.807, 2.05) is 43.0 Å². The zero-order valence-corrected chi connectivity index (χ0v) is 24.4. The van der Waals surface area contributed by atoms with Gasteiger partial charge in [-0.05, 0) is 87.3 Å². The predicted octanol–water partition coefficient (Wildman–Crippen LogP) is 6.26. The molecule has 1 saturated heterocycles. The first kappa shape index (κ1) is 26.3. The van der Waals surface area contributed by atoms with Crippen molar-refractivity contribution in [3.8, 4) is 16.9 Å². The molecule has 2 unspecified atom stereocenters. The lowest BCUT2D eigenvalue weighted by Gasteiger charge is -2.44. The summed E-state index contributed by atoms with van der Waals surface area (Å²) in [6, 6.07) is 21.7. The number of amides is 1. The number of likely N-dealkylation sites (N-methyl/N-ethyl adjacent to an activating group) is 1. The summed E-state index contributed by atoms with van der Waals surface area (Å²) in [5, 5.41) is 2.03. The van der Waals surface area contributed by atoms with Crippen LogP contribution in [0.5, 0.6) is 5.75 Å². The molecule has 6 heteroatoms. The van der Waals surface area contributed by atoms with Gasteiger partial charge >= 0.3 is 0 Å². The minimum atomic E-state index is 0.0384. The molecule has 2 aliphatic heterocycles. The molecule has 1 fully saturated rings. The summed E-state index contributed by atoms with van der Waals surface area (Å²) in [6.45, 7) is 11.1. The first-order chi connectivity index (χ1) is 19.3. The lowest BCUT2D eigenvalue weighted by Crippen LogP contribution is -2.55. The van der Waals surface area contributed by atoms with Crippen LogP contribution in [0.25, 0.3) is 21.9 Å². The van der Waals surface area contributed by atoms with Gasteiger partial charge in [0.1, 0.15) is 5.75 Å². The van der Waals surface area contributed by atoms with Gasteiger partial charge in [0, 0.05) is 59.9 Å². The fraction of sp³-hybridized carbons (Fsp3) is 0.353. The number of pyridine rings is 1. The van der Waals surface area contributed by atoms with E-state index in [0.29, 0.717) is 18.6 Å². The van der Waals surface area contributed by atoms with Crippen LogP contribution in [0.2, 0.25) is 0 Å². The number of methoxy groups -OCH3 is 1. The molecule has 2 atom stereocenters. The van der Waals surface area contributed by atoms with Gasteiger partial charge in [-0.2, -0.15) is 0 Å². The second kappa shape index (κ2) is 10.3. The van der Waals surface area contributed by atoms with E-state index in [0.717, 1.165) is 81.0 Å². The van der Waals surface area contributed by atoms with Crippen LogP contribution in [0.1, 0.15) is 41.2 Å². The van der Waals surface area contributed by atoms with Crippen LogP contribution < -0.4 is 14.5 Å². The van der Waals surface area contributed by atoms with Crippen LogP contribution in [0.4, 0.5) is 11.4 Å². The number of nitrogens with zero attached hydrogens (tertiary/aromatic N) is 4. The maximum Gasteiger partial charge on any atom is 0.258 e. The summed E-state index contributed by atoms with van der Waals surface area (Å²) < 4.78 is 5.87. The number of ether oxygens (including phenoxy) is 1. The lowest BCUT2D eigenvalue weighted by molar-refractivity contribution is 0.0991. The molecule has 0 aliphatic carbocycles. The molecule has 0 spiro atoms. The highest BCUT2D eigenvalue weighted by Crippen LogP contribution is 2.41. The van der Waals surface area contributed by atoms with E-state index >= 15 is 0 Å². The Hall–Kier alpha value is -3.90. The number of hydrogen-bond acceptors (Lipinski definition) is 5. The molecule has 6 nitrogen and oxygen atoms in total. The maximum atomic E-state index is 14.2. The maximum absolute atomic E-state index is 14.2. The molecular weight excluding hydrogens is 496 g/mol. The molecule has 40 heavy (non-hydrogen) atoms. The first-order valence-corrected chi connectivity index (χ1v) is 14.2. The van der Waals surface area contributed by atoms with E-state index in [9.17, 15) is 4.79 Å². The predicted molar refractivity (Wildman–Crippen MR) is 164 cm³/mol. The molecule has 3 aromatic carbocycles. The van der Waals surface area contributed by atoms with E-state index in [1.54, 1.807) is 7.11 Å². The molecule has 3 heterocycles. The van der Waals surface area contributed by atoms with Crippen molar-refractivity contribution in [1.29, 1.82) is 0 Å². The van der Waals surface area contributed by atoms with Gasteiger partial charge in [0.15, 0.2) is 0 Å². The number of aromatic nitrogens is 1. The van der Waals surface area contributed by atoms with Crippen molar-refractivity contribution >= 4 is 28.1 Å². The Morgan fingerprint density at radius 3 is 2.30 bits per heavy atom. The van der Waals surface area contributed by atoms with Crippen LogP contribution in [0.3, 0.4) is 0 Å². The van der Waals surface area contributed by atoms with Crippen LogP contribution in [-0.4, -0.2) is 61.7 Å². The smallest absolute Gasteiger partial charge is 0.258 e. The molecule has 6 rings (SSSR count). The van der Waals surface area contributed by atoms with Gasteiger partial charge in [0.25, 0.3) is 5.91 Å². The van der Waals surface area contributed by atoms with Crippen molar-refractivity contribution in [3.63, 3.8) is 0 Å². The van der Waals surface area contributed by atoms with Gasteiger partial charge in [-0.15, -0.1) is 0 Å². The average molecular weight is 535 g/mol. The average Bonchev–Trinajstić information content (AvgIpc) is 3.37. The zero-order chi connectivity index (χ0) is 28.1. The number of carbonyl (C=O) groups excluding carboxylic acids is 1. The molecule has 0 radical (unpaired) electrons. The van der Waals surface area contributed by atoms with Gasteiger partial charge in [-0.3, -0.25) is 14.7 Å². The Balaban J connectivity index is 1.40. The molecule has 0 bridgehead atoms. The standard InChI is InChI=1S/C34H38N4O2/c1-21-11-12-26(24(4)35-21)29-13-14-30(28-10-8-7-9-27(28)29)34(39)38-16-15-25-17-33(40-6)32(18-31(25)38)37-19-22(2)36(5)23(3)20-37/h7-14,17-18,22-23H,15-16,19-20H2,1-6H3. The van der Waals surface area contributed by atoms with Gasteiger partial charge in [-0.25, -0.2) is 0 Å².